The molecular formula is C12H9F3N2O3. The van der Waals surface area contributed by atoms with E-state index in [0.717, 1.165) is 22.9 Å². The molecule has 20 heavy (non-hydrogen) atoms. The summed E-state index contributed by atoms with van der Waals surface area (Å²) in [7, 11) is 1.34. The van der Waals surface area contributed by atoms with Gasteiger partial charge in [-0.1, -0.05) is 0 Å². The fraction of sp³-hybridized carbons (Fsp3) is 0.167. The Morgan fingerprint density at radius 1 is 1.30 bits per heavy atom. The third-order valence-electron chi connectivity index (χ3n) is 2.68. The van der Waals surface area contributed by atoms with Gasteiger partial charge in [0.25, 0.3) is 0 Å². The smallest absolute Gasteiger partial charge is 0.417 e. The van der Waals surface area contributed by atoms with E-state index in [4.69, 9.17) is 5.11 Å². The van der Waals surface area contributed by atoms with Gasteiger partial charge in [0.1, 0.15) is 5.75 Å². The summed E-state index contributed by atoms with van der Waals surface area (Å²) in [4.78, 5) is 10.8. The van der Waals surface area contributed by atoms with E-state index in [1.165, 1.54) is 7.05 Å². The quantitative estimate of drug-likeness (QED) is 0.889. The summed E-state index contributed by atoms with van der Waals surface area (Å²) in [5.74, 6) is -1.86. The molecule has 0 aliphatic heterocycles. The largest absolute Gasteiger partial charge is 0.508 e. The molecule has 0 radical (unpaired) electrons. The summed E-state index contributed by atoms with van der Waals surface area (Å²) in [6.07, 6.45) is -4.68. The van der Waals surface area contributed by atoms with Crippen LogP contribution in [0.25, 0.3) is 11.3 Å². The van der Waals surface area contributed by atoms with Gasteiger partial charge in [-0.2, -0.15) is 18.3 Å². The zero-order chi connectivity index (χ0) is 15.1. The van der Waals surface area contributed by atoms with Crippen LogP contribution in [-0.4, -0.2) is 26.0 Å². The molecule has 0 fully saturated rings. The number of carbonyl (C=O) groups is 1. The van der Waals surface area contributed by atoms with Crippen molar-refractivity contribution in [2.45, 2.75) is 6.18 Å². The molecule has 2 N–H and O–H groups in total. The van der Waals surface area contributed by atoms with E-state index in [-0.39, 0.29) is 17.0 Å². The Kier molecular flexibility index (Phi) is 3.16. The second kappa shape index (κ2) is 4.55. The molecule has 0 atom stereocenters. The number of nitrogens with zero attached hydrogens (tertiary/aromatic N) is 2. The highest BCUT2D eigenvalue weighted by atomic mass is 19.4. The number of benzene rings is 1. The Morgan fingerprint density at radius 3 is 2.45 bits per heavy atom. The van der Waals surface area contributed by atoms with Crippen LogP contribution in [0.1, 0.15) is 16.1 Å². The summed E-state index contributed by atoms with van der Waals surface area (Å²) in [5, 5.41) is 21.6. The lowest BCUT2D eigenvalue weighted by Crippen LogP contribution is -2.08. The minimum atomic E-state index is -4.68. The Bertz CT molecular complexity index is 677. The Labute approximate surface area is 110 Å². The first-order chi connectivity index (χ1) is 9.20. The fourth-order valence-electron chi connectivity index (χ4n) is 1.81. The number of carboxylic acids is 1. The van der Waals surface area contributed by atoms with Gasteiger partial charge in [0, 0.05) is 12.6 Å². The van der Waals surface area contributed by atoms with Gasteiger partial charge in [0.2, 0.25) is 0 Å². The molecule has 0 aliphatic rings. The third-order valence-corrected chi connectivity index (χ3v) is 2.68. The molecule has 0 spiro atoms. The minimum absolute atomic E-state index is 0.00488. The number of hydrogen-bond acceptors (Lipinski definition) is 3. The number of aromatic hydroxyl groups is 1. The monoisotopic (exact) mass is 286 g/mol. The van der Waals surface area contributed by atoms with Crippen LogP contribution in [0.4, 0.5) is 13.2 Å². The molecule has 0 saturated heterocycles. The van der Waals surface area contributed by atoms with Crippen LogP contribution in [0.3, 0.4) is 0 Å². The molecule has 8 heteroatoms. The van der Waals surface area contributed by atoms with Crippen molar-refractivity contribution >= 4 is 5.97 Å². The summed E-state index contributed by atoms with van der Waals surface area (Å²) in [6, 6.07) is 3.80. The van der Waals surface area contributed by atoms with Crippen molar-refractivity contribution in [1.82, 2.24) is 9.78 Å². The van der Waals surface area contributed by atoms with E-state index in [1.807, 2.05) is 0 Å². The van der Waals surface area contributed by atoms with Crippen LogP contribution in [0, 0.1) is 0 Å². The molecule has 0 bridgehead atoms. The van der Waals surface area contributed by atoms with Crippen molar-refractivity contribution in [3.8, 4) is 17.0 Å². The SMILES string of the molecule is Cn1nc(C(=O)O)cc1-c1ccc(O)cc1C(F)(F)F. The van der Waals surface area contributed by atoms with Gasteiger partial charge in [-0.3, -0.25) is 4.68 Å². The van der Waals surface area contributed by atoms with E-state index < -0.39 is 23.5 Å². The highest BCUT2D eigenvalue weighted by molar-refractivity contribution is 5.87. The zero-order valence-corrected chi connectivity index (χ0v) is 10.1. The first-order valence-electron chi connectivity index (χ1n) is 5.38. The normalized spacial score (nSPS) is 11.6. The molecule has 2 aromatic rings. The highest BCUT2D eigenvalue weighted by Crippen LogP contribution is 2.38. The van der Waals surface area contributed by atoms with Crippen LogP contribution in [0.15, 0.2) is 24.3 Å². The first kappa shape index (κ1) is 13.9. The van der Waals surface area contributed by atoms with E-state index in [1.54, 1.807) is 0 Å². The second-order valence-electron chi connectivity index (χ2n) is 4.07. The molecule has 0 unspecified atom stereocenters. The average Bonchev–Trinajstić information content (AvgIpc) is 2.70. The van der Waals surface area contributed by atoms with Crippen LogP contribution in [0.2, 0.25) is 0 Å². The maximum Gasteiger partial charge on any atom is 0.417 e. The predicted molar refractivity (Wildman–Crippen MR) is 62.3 cm³/mol. The number of aromatic carboxylic acids is 1. The number of aryl methyl sites for hydroxylation is 1. The van der Waals surface area contributed by atoms with Crippen molar-refractivity contribution in [1.29, 1.82) is 0 Å². The third kappa shape index (κ3) is 2.44. The maximum atomic E-state index is 13.0. The lowest BCUT2D eigenvalue weighted by molar-refractivity contribution is -0.137. The average molecular weight is 286 g/mol. The van der Waals surface area contributed by atoms with Crippen molar-refractivity contribution in [2.24, 2.45) is 7.05 Å². The van der Waals surface area contributed by atoms with Crippen LogP contribution in [-0.2, 0) is 13.2 Å². The van der Waals surface area contributed by atoms with E-state index in [2.05, 4.69) is 5.10 Å². The number of hydrogen-bond donors (Lipinski definition) is 2. The van der Waals surface area contributed by atoms with Gasteiger partial charge in [-0.15, -0.1) is 0 Å². The standard InChI is InChI=1S/C12H9F3N2O3/c1-17-10(5-9(16-17)11(19)20)7-3-2-6(18)4-8(7)12(13,14)15/h2-5,18H,1H3,(H,19,20). The summed E-state index contributed by atoms with van der Waals surface area (Å²) in [5.41, 5.74) is -1.67. The number of aromatic nitrogens is 2. The molecule has 2 rings (SSSR count). The van der Waals surface area contributed by atoms with Crippen LogP contribution >= 0.6 is 0 Å². The molecule has 106 valence electrons. The summed E-state index contributed by atoms with van der Waals surface area (Å²) in [6.45, 7) is 0. The maximum absolute atomic E-state index is 13.0. The number of carboxylic acid groups (broad SMARTS) is 1. The summed E-state index contributed by atoms with van der Waals surface area (Å²) >= 11 is 0. The van der Waals surface area contributed by atoms with Crippen LogP contribution in [0.5, 0.6) is 5.75 Å². The van der Waals surface area contributed by atoms with Gasteiger partial charge in [-0.25, -0.2) is 4.79 Å². The highest BCUT2D eigenvalue weighted by Gasteiger charge is 2.35. The van der Waals surface area contributed by atoms with Gasteiger partial charge in [-0.05, 0) is 24.3 Å². The van der Waals surface area contributed by atoms with Crippen molar-refractivity contribution in [3.05, 3.63) is 35.5 Å². The molecule has 0 aliphatic carbocycles. The predicted octanol–water partition coefficient (Wildman–Crippen LogP) is 2.51. The number of phenolic OH excluding ortho intramolecular Hbond substituents is 1. The minimum Gasteiger partial charge on any atom is -0.508 e. The first-order valence-corrected chi connectivity index (χ1v) is 5.38. The Morgan fingerprint density at radius 2 is 1.95 bits per heavy atom. The number of alkyl halides is 3. The lowest BCUT2D eigenvalue weighted by Gasteiger charge is -2.13. The summed E-state index contributed by atoms with van der Waals surface area (Å²) < 4.78 is 39.9. The number of phenols is 1. The Balaban J connectivity index is 2.67. The van der Waals surface area contributed by atoms with Crippen molar-refractivity contribution < 1.29 is 28.2 Å². The van der Waals surface area contributed by atoms with E-state index >= 15 is 0 Å². The number of halogens is 3. The van der Waals surface area contributed by atoms with Crippen LogP contribution < -0.4 is 0 Å². The molecular weight excluding hydrogens is 277 g/mol. The molecule has 1 aromatic carbocycles. The fourth-order valence-corrected chi connectivity index (χ4v) is 1.81. The van der Waals surface area contributed by atoms with Gasteiger partial charge >= 0.3 is 12.1 Å². The number of rotatable bonds is 2. The van der Waals surface area contributed by atoms with E-state index in [0.29, 0.717) is 6.07 Å². The lowest BCUT2D eigenvalue weighted by atomic mass is 10.0. The Hall–Kier alpha value is -2.51. The zero-order valence-electron chi connectivity index (χ0n) is 10.1. The van der Waals surface area contributed by atoms with E-state index in [9.17, 15) is 23.1 Å². The molecule has 1 aromatic heterocycles. The van der Waals surface area contributed by atoms with Crippen molar-refractivity contribution in [3.63, 3.8) is 0 Å². The van der Waals surface area contributed by atoms with Crippen molar-refractivity contribution in [2.75, 3.05) is 0 Å². The molecule has 5 nitrogen and oxygen atoms in total. The topological polar surface area (TPSA) is 75.4 Å². The van der Waals surface area contributed by atoms with Gasteiger partial charge < -0.3 is 10.2 Å². The van der Waals surface area contributed by atoms with Gasteiger partial charge in [0.15, 0.2) is 5.69 Å². The second-order valence-corrected chi connectivity index (χ2v) is 4.07. The molecule has 0 amide bonds. The van der Waals surface area contributed by atoms with Gasteiger partial charge in [0.05, 0.1) is 11.3 Å². The molecule has 1 heterocycles. The molecule has 0 saturated carbocycles.